The van der Waals surface area contributed by atoms with E-state index >= 15 is 0 Å². The van der Waals surface area contributed by atoms with Crippen molar-refractivity contribution in [1.29, 1.82) is 0 Å². The van der Waals surface area contributed by atoms with Crippen molar-refractivity contribution in [3.63, 3.8) is 0 Å². The van der Waals surface area contributed by atoms with Crippen molar-refractivity contribution < 1.29 is 9.59 Å². The molecule has 0 aromatic carbocycles. The van der Waals surface area contributed by atoms with Crippen LogP contribution in [0.2, 0.25) is 0 Å². The van der Waals surface area contributed by atoms with Crippen LogP contribution in [0.25, 0.3) is 0 Å². The monoisotopic (exact) mass is 301 g/mol. The lowest BCUT2D eigenvalue weighted by atomic mass is 9.84. The lowest BCUT2D eigenvalue weighted by molar-refractivity contribution is -0.127. The Bertz CT molecular complexity index is 520. The van der Waals surface area contributed by atoms with Gasteiger partial charge < -0.3 is 10.2 Å². The zero-order chi connectivity index (χ0) is 15.4. The largest absolute Gasteiger partial charge is 0.356 e. The molecule has 3 rings (SSSR count). The smallest absolute Gasteiger partial charge is 0.253 e. The summed E-state index contributed by atoms with van der Waals surface area (Å²) in [5, 5.41) is 3.08. The Morgan fingerprint density at radius 1 is 1.14 bits per heavy atom. The van der Waals surface area contributed by atoms with E-state index in [2.05, 4.69) is 10.3 Å². The van der Waals surface area contributed by atoms with Gasteiger partial charge in [-0.2, -0.15) is 0 Å². The fourth-order valence-corrected chi connectivity index (χ4v) is 3.08. The van der Waals surface area contributed by atoms with Gasteiger partial charge in [0.25, 0.3) is 5.91 Å². The predicted octanol–water partition coefficient (Wildman–Crippen LogP) is 1.85. The molecule has 2 amide bonds. The number of nitrogens with zero attached hydrogens (tertiary/aromatic N) is 2. The lowest BCUT2D eigenvalue weighted by Gasteiger charge is -2.33. The molecule has 0 radical (unpaired) electrons. The zero-order valence-electron chi connectivity index (χ0n) is 12.8. The van der Waals surface area contributed by atoms with Crippen LogP contribution in [0.5, 0.6) is 0 Å². The molecule has 1 saturated heterocycles. The summed E-state index contributed by atoms with van der Waals surface area (Å²) in [5.74, 6) is 1.06. The van der Waals surface area contributed by atoms with Crippen molar-refractivity contribution in [3.8, 4) is 0 Å². The summed E-state index contributed by atoms with van der Waals surface area (Å²) in [4.78, 5) is 30.0. The molecular formula is C17H23N3O2. The lowest BCUT2D eigenvalue weighted by Crippen LogP contribution is -2.43. The van der Waals surface area contributed by atoms with E-state index in [1.165, 1.54) is 6.42 Å². The maximum atomic E-state index is 12.3. The van der Waals surface area contributed by atoms with Gasteiger partial charge in [0.15, 0.2) is 0 Å². The van der Waals surface area contributed by atoms with E-state index in [4.69, 9.17) is 0 Å². The maximum Gasteiger partial charge on any atom is 0.253 e. The summed E-state index contributed by atoms with van der Waals surface area (Å²) in [6.07, 6.45) is 8.50. The first-order valence-corrected chi connectivity index (χ1v) is 8.21. The molecule has 1 aliphatic carbocycles. The third kappa shape index (κ3) is 3.46. The Morgan fingerprint density at radius 3 is 2.41 bits per heavy atom. The molecule has 118 valence electrons. The number of amides is 2. The first-order chi connectivity index (χ1) is 10.7. The quantitative estimate of drug-likeness (QED) is 0.923. The summed E-state index contributed by atoms with van der Waals surface area (Å²) in [6, 6.07) is 3.51. The second-order valence-corrected chi connectivity index (χ2v) is 6.34. The normalized spacial score (nSPS) is 19.5. The highest BCUT2D eigenvalue weighted by molar-refractivity contribution is 5.94. The van der Waals surface area contributed by atoms with Crippen molar-refractivity contribution in [3.05, 3.63) is 30.1 Å². The molecular weight excluding hydrogens is 278 g/mol. The van der Waals surface area contributed by atoms with E-state index < -0.39 is 0 Å². The van der Waals surface area contributed by atoms with E-state index in [0.717, 1.165) is 45.3 Å². The number of rotatable bonds is 4. The molecule has 1 N–H and O–H groups in total. The predicted molar refractivity (Wildman–Crippen MR) is 83.2 cm³/mol. The van der Waals surface area contributed by atoms with Gasteiger partial charge in [0, 0.05) is 43.5 Å². The Labute approximate surface area is 131 Å². The van der Waals surface area contributed by atoms with Crippen LogP contribution in [0.3, 0.4) is 0 Å². The van der Waals surface area contributed by atoms with Crippen LogP contribution in [0.1, 0.15) is 42.5 Å². The Hall–Kier alpha value is -1.91. The van der Waals surface area contributed by atoms with Gasteiger partial charge in [0.1, 0.15) is 0 Å². The highest BCUT2D eigenvalue weighted by atomic mass is 16.2. The molecule has 0 spiro atoms. The molecule has 0 unspecified atom stereocenters. The molecule has 2 fully saturated rings. The van der Waals surface area contributed by atoms with Gasteiger partial charge in [0.05, 0.1) is 0 Å². The van der Waals surface area contributed by atoms with Crippen molar-refractivity contribution in [2.24, 2.45) is 11.8 Å². The van der Waals surface area contributed by atoms with Crippen LogP contribution in [0.4, 0.5) is 0 Å². The minimum Gasteiger partial charge on any atom is -0.356 e. The first-order valence-electron chi connectivity index (χ1n) is 8.21. The molecule has 0 atom stereocenters. The van der Waals surface area contributed by atoms with E-state index in [1.54, 1.807) is 24.5 Å². The summed E-state index contributed by atoms with van der Waals surface area (Å²) in [5.41, 5.74) is 0.701. The van der Waals surface area contributed by atoms with Crippen LogP contribution in [-0.2, 0) is 4.79 Å². The zero-order valence-corrected chi connectivity index (χ0v) is 12.8. The molecule has 22 heavy (non-hydrogen) atoms. The van der Waals surface area contributed by atoms with Crippen LogP contribution in [-0.4, -0.2) is 41.3 Å². The molecule has 1 aromatic heterocycles. The number of nitrogens with one attached hydrogen (secondary N) is 1. The van der Waals surface area contributed by atoms with Crippen LogP contribution in [0, 0.1) is 11.8 Å². The van der Waals surface area contributed by atoms with Crippen molar-refractivity contribution in [1.82, 2.24) is 15.2 Å². The van der Waals surface area contributed by atoms with Gasteiger partial charge in [0.2, 0.25) is 5.91 Å². The van der Waals surface area contributed by atoms with E-state index in [0.29, 0.717) is 11.5 Å². The third-order valence-electron chi connectivity index (χ3n) is 4.87. The van der Waals surface area contributed by atoms with Gasteiger partial charge in [-0.25, -0.2) is 0 Å². The average molecular weight is 301 g/mol. The molecule has 1 saturated carbocycles. The van der Waals surface area contributed by atoms with Gasteiger partial charge in [-0.1, -0.05) is 6.42 Å². The Kier molecular flexibility index (Phi) is 4.71. The van der Waals surface area contributed by atoms with Crippen molar-refractivity contribution in [2.75, 3.05) is 19.6 Å². The van der Waals surface area contributed by atoms with E-state index in [1.807, 2.05) is 4.90 Å². The van der Waals surface area contributed by atoms with Gasteiger partial charge >= 0.3 is 0 Å². The fraction of sp³-hybridized carbons (Fsp3) is 0.588. The minimum absolute atomic E-state index is 0.0827. The van der Waals surface area contributed by atoms with Crippen molar-refractivity contribution >= 4 is 11.8 Å². The van der Waals surface area contributed by atoms with E-state index in [-0.39, 0.29) is 17.7 Å². The molecule has 5 heteroatoms. The molecule has 2 heterocycles. The number of likely N-dealkylation sites (tertiary alicyclic amines) is 1. The molecule has 1 aromatic rings. The number of piperidine rings is 1. The summed E-state index contributed by atoms with van der Waals surface area (Å²) in [7, 11) is 0. The number of hydrogen-bond donors (Lipinski definition) is 1. The Balaban J connectivity index is 1.42. The molecule has 2 aliphatic rings. The summed E-state index contributed by atoms with van der Waals surface area (Å²) >= 11 is 0. The summed E-state index contributed by atoms with van der Waals surface area (Å²) in [6.45, 7) is 2.29. The second-order valence-electron chi connectivity index (χ2n) is 6.34. The summed E-state index contributed by atoms with van der Waals surface area (Å²) < 4.78 is 0. The SMILES string of the molecule is O=C(NCC1CCN(C(=O)c2ccncc2)CC1)C1CCC1. The average Bonchev–Trinajstić information content (AvgIpc) is 2.52. The molecule has 0 bridgehead atoms. The molecule has 5 nitrogen and oxygen atoms in total. The number of carbonyl (C=O) groups excluding carboxylic acids is 2. The first kappa shape index (κ1) is 15.0. The maximum absolute atomic E-state index is 12.3. The number of carbonyl (C=O) groups is 2. The number of hydrogen-bond acceptors (Lipinski definition) is 3. The minimum atomic E-state index is 0.0827. The van der Waals surface area contributed by atoms with E-state index in [9.17, 15) is 9.59 Å². The van der Waals surface area contributed by atoms with Gasteiger partial charge in [-0.05, 0) is 43.7 Å². The number of aromatic nitrogens is 1. The van der Waals surface area contributed by atoms with Gasteiger partial charge in [-0.3, -0.25) is 14.6 Å². The highest BCUT2D eigenvalue weighted by Crippen LogP contribution is 2.26. The van der Waals surface area contributed by atoms with Crippen LogP contribution in [0.15, 0.2) is 24.5 Å². The van der Waals surface area contributed by atoms with Crippen molar-refractivity contribution in [2.45, 2.75) is 32.1 Å². The highest BCUT2D eigenvalue weighted by Gasteiger charge is 2.27. The topological polar surface area (TPSA) is 62.3 Å². The number of pyridine rings is 1. The van der Waals surface area contributed by atoms with Gasteiger partial charge in [-0.15, -0.1) is 0 Å². The van der Waals surface area contributed by atoms with Crippen LogP contribution < -0.4 is 5.32 Å². The van der Waals surface area contributed by atoms with Crippen LogP contribution >= 0.6 is 0 Å². The third-order valence-corrected chi connectivity index (χ3v) is 4.87. The fourth-order valence-electron chi connectivity index (χ4n) is 3.08. The second kappa shape index (κ2) is 6.90. The standard InChI is InChI=1S/C17H23N3O2/c21-16(14-2-1-3-14)19-12-13-6-10-20(11-7-13)17(22)15-4-8-18-9-5-15/h4-5,8-9,13-14H,1-3,6-7,10-12H2,(H,19,21). The molecule has 1 aliphatic heterocycles. The Morgan fingerprint density at radius 2 is 1.82 bits per heavy atom.